The van der Waals surface area contributed by atoms with E-state index in [-0.39, 0.29) is 18.8 Å². The molecule has 0 atom stereocenters. The monoisotopic (exact) mass is 392 g/mol. The molecule has 2 aromatic heterocycles. The maximum atomic E-state index is 12.6. The highest BCUT2D eigenvalue weighted by Gasteiger charge is 2.17. The maximum absolute atomic E-state index is 12.6. The molecule has 0 aliphatic rings. The Hall–Kier alpha value is -3.48. The van der Waals surface area contributed by atoms with Gasteiger partial charge >= 0.3 is 5.97 Å². The number of benzene rings is 1. The molecule has 0 amide bonds. The largest absolute Gasteiger partial charge is 0.457 e. The third-order valence-electron chi connectivity index (χ3n) is 4.60. The van der Waals surface area contributed by atoms with Crippen LogP contribution in [0.4, 0.5) is 5.95 Å². The first-order chi connectivity index (χ1) is 14.0. The van der Waals surface area contributed by atoms with E-state index in [2.05, 4.69) is 32.0 Å². The van der Waals surface area contributed by atoms with Gasteiger partial charge in [-0.25, -0.2) is 9.97 Å². The minimum atomic E-state index is -0.445. The summed E-state index contributed by atoms with van der Waals surface area (Å²) in [6, 6.07) is 13.6. The zero-order valence-corrected chi connectivity index (χ0v) is 16.6. The molecule has 0 bridgehead atoms. The van der Waals surface area contributed by atoms with E-state index >= 15 is 0 Å². The fourth-order valence-corrected chi connectivity index (χ4v) is 3.06. The van der Waals surface area contributed by atoms with Crippen molar-refractivity contribution in [1.82, 2.24) is 14.5 Å². The van der Waals surface area contributed by atoms with Crippen molar-refractivity contribution >= 4 is 17.7 Å². The molecule has 0 aliphatic heterocycles. The van der Waals surface area contributed by atoms with Crippen molar-refractivity contribution in [3.05, 3.63) is 77.4 Å². The number of esters is 1. The first-order valence-corrected chi connectivity index (χ1v) is 9.45. The molecule has 0 unspecified atom stereocenters. The molecular formula is C22H24N4O3. The van der Waals surface area contributed by atoms with E-state index in [0.717, 1.165) is 17.0 Å². The van der Waals surface area contributed by atoms with Crippen LogP contribution in [0.2, 0.25) is 0 Å². The molecule has 0 spiro atoms. The number of rotatable bonds is 9. The molecule has 0 radical (unpaired) electrons. The molecule has 2 heterocycles. The van der Waals surface area contributed by atoms with Gasteiger partial charge in [0.1, 0.15) is 0 Å². The summed E-state index contributed by atoms with van der Waals surface area (Å²) < 4.78 is 7.23. The molecule has 0 aliphatic carbocycles. The lowest BCUT2D eigenvalue weighted by Gasteiger charge is -2.10. The highest BCUT2D eigenvalue weighted by molar-refractivity contribution is 5.99. The Morgan fingerprint density at radius 2 is 1.79 bits per heavy atom. The highest BCUT2D eigenvalue weighted by atomic mass is 16.5. The number of nitrogens with zero attached hydrogens (tertiary/aromatic N) is 3. The second-order valence-corrected chi connectivity index (χ2v) is 6.69. The maximum Gasteiger partial charge on any atom is 0.308 e. The number of nitrogens with one attached hydrogen (secondary N) is 1. The lowest BCUT2D eigenvalue weighted by atomic mass is 10.1. The molecule has 0 saturated carbocycles. The average Bonchev–Trinajstić information content (AvgIpc) is 3.02. The Labute approximate surface area is 169 Å². The second-order valence-electron chi connectivity index (χ2n) is 6.69. The summed E-state index contributed by atoms with van der Waals surface area (Å²) in [6.45, 7) is 4.64. The van der Waals surface area contributed by atoms with Crippen LogP contribution in [-0.4, -0.2) is 39.4 Å². The van der Waals surface area contributed by atoms with Crippen molar-refractivity contribution in [3.8, 4) is 0 Å². The van der Waals surface area contributed by atoms with Crippen LogP contribution in [0.15, 0.2) is 54.9 Å². The van der Waals surface area contributed by atoms with Crippen molar-refractivity contribution in [2.45, 2.75) is 26.8 Å². The topological polar surface area (TPSA) is 86.1 Å². The molecule has 3 aromatic rings. The second kappa shape index (κ2) is 9.64. The third-order valence-corrected chi connectivity index (χ3v) is 4.60. The van der Waals surface area contributed by atoms with Gasteiger partial charge in [0.2, 0.25) is 11.7 Å². The van der Waals surface area contributed by atoms with Gasteiger partial charge in [-0.3, -0.25) is 9.59 Å². The number of ether oxygens (including phenoxy) is 1. The highest BCUT2D eigenvalue weighted by Crippen LogP contribution is 2.18. The Kier molecular flexibility index (Phi) is 6.73. The van der Waals surface area contributed by atoms with Gasteiger partial charge in [-0.15, -0.1) is 0 Å². The molecule has 29 heavy (non-hydrogen) atoms. The van der Waals surface area contributed by atoms with Crippen LogP contribution < -0.4 is 5.32 Å². The van der Waals surface area contributed by atoms with E-state index in [0.29, 0.717) is 24.6 Å². The minimum absolute atomic E-state index is 0.124. The van der Waals surface area contributed by atoms with Crippen molar-refractivity contribution in [1.29, 1.82) is 0 Å². The van der Waals surface area contributed by atoms with Gasteiger partial charge in [-0.1, -0.05) is 30.3 Å². The normalized spacial score (nSPS) is 10.6. The molecule has 7 heteroatoms. The van der Waals surface area contributed by atoms with Gasteiger partial charge in [-0.05, 0) is 31.5 Å². The van der Waals surface area contributed by atoms with E-state index < -0.39 is 5.97 Å². The summed E-state index contributed by atoms with van der Waals surface area (Å²) in [7, 11) is 0. The third kappa shape index (κ3) is 5.51. The smallest absolute Gasteiger partial charge is 0.308 e. The summed E-state index contributed by atoms with van der Waals surface area (Å²) in [5.41, 5.74) is 3.61. The first-order valence-electron chi connectivity index (χ1n) is 9.45. The number of carbonyl (C=O) groups excluding carboxylic acids is 2. The minimum Gasteiger partial charge on any atom is -0.457 e. The van der Waals surface area contributed by atoms with E-state index in [1.165, 1.54) is 0 Å². The van der Waals surface area contributed by atoms with Gasteiger partial charge in [-0.2, -0.15) is 0 Å². The van der Waals surface area contributed by atoms with Gasteiger partial charge in [0.15, 0.2) is 6.61 Å². The van der Waals surface area contributed by atoms with Crippen LogP contribution in [0, 0.1) is 13.8 Å². The molecule has 150 valence electrons. The van der Waals surface area contributed by atoms with E-state index in [1.807, 2.05) is 38.1 Å². The van der Waals surface area contributed by atoms with Gasteiger partial charge in [0.05, 0.1) is 6.42 Å². The number of aromatic nitrogens is 3. The predicted molar refractivity (Wildman–Crippen MR) is 110 cm³/mol. The Balaban J connectivity index is 1.51. The molecule has 1 aromatic carbocycles. The van der Waals surface area contributed by atoms with Crippen LogP contribution in [-0.2, 0) is 16.1 Å². The zero-order valence-electron chi connectivity index (χ0n) is 16.6. The van der Waals surface area contributed by atoms with Crippen LogP contribution in [0.5, 0.6) is 0 Å². The SMILES string of the molecule is Cc1cc(C(=O)COC(=O)CCNc2ncccn2)c(C)n1Cc1ccccc1. The first kappa shape index (κ1) is 20.3. The summed E-state index contributed by atoms with van der Waals surface area (Å²) in [6.07, 6.45) is 3.35. The molecule has 0 fully saturated rings. The average molecular weight is 392 g/mol. The Morgan fingerprint density at radius 1 is 1.07 bits per heavy atom. The number of Topliss-reactive ketones (excluding diaryl/α,β-unsaturated/α-hetero) is 1. The zero-order chi connectivity index (χ0) is 20.6. The standard InChI is InChI=1S/C22H24N4O3/c1-16-13-19(17(2)26(16)14-18-7-4-3-5-8-18)20(27)15-29-21(28)9-12-25-22-23-10-6-11-24-22/h3-8,10-11,13H,9,12,14-15H2,1-2H3,(H,23,24,25). The fourth-order valence-electron chi connectivity index (χ4n) is 3.06. The molecule has 7 nitrogen and oxygen atoms in total. The van der Waals surface area contributed by atoms with E-state index in [4.69, 9.17) is 4.74 Å². The van der Waals surface area contributed by atoms with E-state index in [9.17, 15) is 9.59 Å². The molecule has 1 N–H and O–H groups in total. The lowest BCUT2D eigenvalue weighted by Crippen LogP contribution is -2.17. The quantitative estimate of drug-likeness (QED) is 0.445. The van der Waals surface area contributed by atoms with Crippen LogP contribution in [0.1, 0.15) is 33.7 Å². The van der Waals surface area contributed by atoms with E-state index in [1.54, 1.807) is 18.5 Å². The fraction of sp³-hybridized carbons (Fsp3) is 0.273. The number of hydrogen-bond donors (Lipinski definition) is 1. The van der Waals surface area contributed by atoms with Crippen molar-refractivity contribution in [3.63, 3.8) is 0 Å². The van der Waals surface area contributed by atoms with Crippen molar-refractivity contribution < 1.29 is 14.3 Å². The van der Waals surface area contributed by atoms with Gasteiger partial charge in [0.25, 0.3) is 0 Å². The number of aryl methyl sites for hydroxylation is 1. The summed E-state index contributed by atoms with van der Waals surface area (Å²) in [4.78, 5) is 32.5. The molecule has 0 saturated heterocycles. The Bertz CT molecular complexity index is 968. The Morgan fingerprint density at radius 3 is 2.52 bits per heavy atom. The van der Waals surface area contributed by atoms with Crippen molar-refractivity contribution in [2.75, 3.05) is 18.5 Å². The van der Waals surface area contributed by atoms with Crippen LogP contribution in [0.3, 0.4) is 0 Å². The summed E-state index contributed by atoms with van der Waals surface area (Å²) >= 11 is 0. The van der Waals surface area contributed by atoms with Crippen molar-refractivity contribution in [2.24, 2.45) is 0 Å². The molecular weight excluding hydrogens is 368 g/mol. The lowest BCUT2D eigenvalue weighted by molar-refractivity contribution is -0.142. The van der Waals surface area contributed by atoms with Crippen LogP contribution in [0.25, 0.3) is 0 Å². The summed E-state index contributed by atoms with van der Waals surface area (Å²) in [5.74, 6) is -0.202. The van der Waals surface area contributed by atoms with Gasteiger partial charge in [0, 0.05) is 42.4 Å². The number of anilines is 1. The molecule has 3 rings (SSSR count). The number of hydrogen-bond acceptors (Lipinski definition) is 6. The van der Waals surface area contributed by atoms with Gasteiger partial charge < -0.3 is 14.6 Å². The number of ketones is 1. The number of carbonyl (C=O) groups is 2. The summed E-state index contributed by atoms with van der Waals surface area (Å²) in [5, 5.41) is 2.93. The predicted octanol–water partition coefficient (Wildman–Crippen LogP) is 3.17. The van der Waals surface area contributed by atoms with Crippen LogP contribution >= 0.6 is 0 Å².